The molecule has 1 aliphatic rings. The maximum Gasteiger partial charge on any atom is 0.262 e. The molecular weight excluding hydrogens is 306 g/mol. The zero-order valence-corrected chi connectivity index (χ0v) is 13.4. The molecule has 0 atom stereocenters. The summed E-state index contributed by atoms with van der Waals surface area (Å²) >= 11 is 0. The van der Waals surface area contributed by atoms with Crippen LogP contribution in [0.4, 0.5) is 5.69 Å². The van der Waals surface area contributed by atoms with Crippen molar-refractivity contribution >= 4 is 17.4 Å². The van der Waals surface area contributed by atoms with Crippen LogP contribution in [-0.2, 0) is 4.79 Å². The molecular formula is C18H19N3O3. The van der Waals surface area contributed by atoms with E-state index in [4.69, 9.17) is 9.47 Å². The number of ether oxygens (including phenoxy) is 2. The number of hydrogen-bond acceptors (Lipinski definition) is 5. The molecule has 0 radical (unpaired) electrons. The van der Waals surface area contributed by atoms with Crippen LogP contribution >= 0.6 is 0 Å². The van der Waals surface area contributed by atoms with E-state index in [2.05, 4.69) is 15.6 Å². The van der Waals surface area contributed by atoms with Gasteiger partial charge in [0, 0.05) is 17.8 Å². The summed E-state index contributed by atoms with van der Waals surface area (Å²) in [5.74, 6) is 1.70. The Morgan fingerprint density at radius 2 is 2.04 bits per heavy atom. The molecule has 0 aromatic heterocycles. The molecule has 6 heteroatoms. The third kappa shape index (κ3) is 3.84. The average molecular weight is 325 g/mol. The lowest BCUT2D eigenvalue weighted by atomic mass is 10.2. The second-order valence-corrected chi connectivity index (χ2v) is 5.23. The van der Waals surface area contributed by atoms with Crippen molar-refractivity contribution in [2.75, 3.05) is 32.1 Å². The molecule has 1 amide bonds. The highest BCUT2D eigenvalue weighted by Crippen LogP contribution is 2.28. The van der Waals surface area contributed by atoms with Gasteiger partial charge in [0.15, 0.2) is 18.1 Å². The van der Waals surface area contributed by atoms with E-state index < -0.39 is 0 Å². The van der Waals surface area contributed by atoms with E-state index in [1.165, 1.54) is 0 Å². The molecule has 0 saturated heterocycles. The Morgan fingerprint density at radius 3 is 2.75 bits per heavy atom. The number of carbonyl (C=O) groups excluding carboxylic acids is 1. The number of benzene rings is 2. The Hall–Kier alpha value is -3.02. The lowest BCUT2D eigenvalue weighted by Gasteiger charge is -2.12. The number of aliphatic imine (C=N–C) groups is 1. The van der Waals surface area contributed by atoms with Crippen LogP contribution in [-0.4, -0.2) is 38.5 Å². The summed E-state index contributed by atoms with van der Waals surface area (Å²) < 4.78 is 10.9. The third-order valence-corrected chi connectivity index (χ3v) is 3.53. The average Bonchev–Trinajstić information content (AvgIpc) is 3.15. The number of rotatable bonds is 6. The van der Waals surface area contributed by atoms with Crippen LogP contribution in [0.5, 0.6) is 11.5 Å². The van der Waals surface area contributed by atoms with Crippen molar-refractivity contribution in [2.24, 2.45) is 4.99 Å². The number of carbonyl (C=O) groups is 1. The monoisotopic (exact) mass is 325 g/mol. The van der Waals surface area contributed by atoms with Gasteiger partial charge < -0.3 is 20.1 Å². The summed E-state index contributed by atoms with van der Waals surface area (Å²) in [6, 6.07) is 14.8. The molecule has 0 fully saturated rings. The summed E-state index contributed by atoms with van der Waals surface area (Å²) in [6.07, 6.45) is 0. The number of hydrogen-bond donors (Lipinski definition) is 2. The molecule has 0 unspecified atom stereocenters. The maximum absolute atomic E-state index is 12.0. The maximum atomic E-state index is 12.0. The summed E-state index contributed by atoms with van der Waals surface area (Å²) in [4.78, 5) is 16.3. The van der Waals surface area contributed by atoms with Gasteiger partial charge >= 0.3 is 0 Å². The van der Waals surface area contributed by atoms with Crippen molar-refractivity contribution in [3.8, 4) is 11.5 Å². The smallest absolute Gasteiger partial charge is 0.262 e. The second kappa shape index (κ2) is 7.50. The van der Waals surface area contributed by atoms with Gasteiger partial charge in [0.05, 0.1) is 13.7 Å². The Morgan fingerprint density at radius 1 is 1.21 bits per heavy atom. The highest BCUT2D eigenvalue weighted by molar-refractivity contribution is 6.00. The van der Waals surface area contributed by atoms with E-state index in [0.29, 0.717) is 11.5 Å². The molecule has 1 aliphatic heterocycles. The topological polar surface area (TPSA) is 71.9 Å². The molecule has 24 heavy (non-hydrogen) atoms. The van der Waals surface area contributed by atoms with Gasteiger partial charge in [0.1, 0.15) is 5.84 Å². The van der Waals surface area contributed by atoms with Crippen molar-refractivity contribution in [1.82, 2.24) is 5.32 Å². The molecule has 0 saturated carbocycles. The van der Waals surface area contributed by atoms with E-state index in [-0.39, 0.29) is 12.5 Å². The Balaban J connectivity index is 1.63. The minimum Gasteiger partial charge on any atom is -0.493 e. The number of anilines is 1. The van der Waals surface area contributed by atoms with Crippen LogP contribution in [0.25, 0.3) is 0 Å². The first-order valence-corrected chi connectivity index (χ1v) is 7.70. The van der Waals surface area contributed by atoms with E-state index in [9.17, 15) is 4.79 Å². The van der Waals surface area contributed by atoms with Gasteiger partial charge in [-0.3, -0.25) is 9.79 Å². The minimum atomic E-state index is -0.228. The van der Waals surface area contributed by atoms with E-state index in [0.717, 1.165) is 30.2 Å². The van der Waals surface area contributed by atoms with Crippen LogP contribution in [0.2, 0.25) is 0 Å². The van der Waals surface area contributed by atoms with E-state index in [1.807, 2.05) is 42.5 Å². The van der Waals surface area contributed by atoms with Crippen molar-refractivity contribution in [3.05, 3.63) is 54.1 Å². The molecule has 0 bridgehead atoms. The second-order valence-electron chi connectivity index (χ2n) is 5.23. The predicted molar refractivity (Wildman–Crippen MR) is 93.0 cm³/mol. The molecule has 0 spiro atoms. The fourth-order valence-corrected chi connectivity index (χ4v) is 2.39. The quantitative estimate of drug-likeness (QED) is 0.853. The number of para-hydroxylation sites is 1. The number of amidine groups is 1. The molecule has 6 nitrogen and oxygen atoms in total. The van der Waals surface area contributed by atoms with Crippen LogP contribution in [0.3, 0.4) is 0 Å². The molecule has 2 aromatic carbocycles. The summed E-state index contributed by atoms with van der Waals surface area (Å²) in [5, 5.41) is 5.98. The van der Waals surface area contributed by atoms with Crippen LogP contribution < -0.4 is 20.1 Å². The Labute approximate surface area is 140 Å². The summed E-state index contributed by atoms with van der Waals surface area (Å²) in [6.45, 7) is 1.52. The number of nitrogens with zero attached hydrogens (tertiary/aromatic N) is 1. The SMILES string of the molecule is COc1cc(C2=NCCN2)ccc1OCC(=O)Nc1ccccc1. The van der Waals surface area contributed by atoms with Gasteiger partial charge in [-0.25, -0.2) is 0 Å². The highest BCUT2D eigenvalue weighted by atomic mass is 16.5. The number of methoxy groups -OCH3 is 1. The van der Waals surface area contributed by atoms with Gasteiger partial charge in [-0.2, -0.15) is 0 Å². The Kier molecular flexibility index (Phi) is 4.96. The van der Waals surface area contributed by atoms with Crippen molar-refractivity contribution in [3.63, 3.8) is 0 Å². The van der Waals surface area contributed by atoms with Gasteiger partial charge in [-0.1, -0.05) is 18.2 Å². The molecule has 2 N–H and O–H groups in total. The first kappa shape index (κ1) is 15.9. The van der Waals surface area contributed by atoms with Gasteiger partial charge in [0.2, 0.25) is 0 Å². The van der Waals surface area contributed by atoms with Crippen molar-refractivity contribution in [1.29, 1.82) is 0 Å². The zero-order chi connectivity index (χ0) is 16.8. The largest absolute Gasteiger partial charge is 0.493 e. The standard InChI is InChI=1S/C18H19N3O3/c1-23-16-11-13(18-19-9-10-20-18)7-8-15(16)24-12-17(22)21-14-5-3-2-4-6-14/h2-8,11H,9-10,12H2,1H3,(H,19,20)(H,21,22). The highest BCUT2D eigenvalue weighted by Gasteiger charge is 2.13. The molecule has 1 heterocycles. The van der Waals surface area contributed by atoms with Crippen molar-refractivity contribution in [2.45, 2.75) is 0 Å². The Bertz CT molecular complexity index is 744. The van der Waals surface area contributed by atoms with Crippen LogP contribution in [0.1, 0.15) is 5.56 Å². The first-order valence-electron chi connectivity index (χ1n) is 7.70. The number of amides is 1. The van der Waals surface area contributed by atoms with Crippen LogP contribution in [0.15, 0.2) is 53.5 Å². The molecule has 0 aliphatic carbocycles. The van der Waals surface area contributed by atoms with Gasteiger partial charge in [-0.05, 0) is 30.3 Å². The zero-order valence-electron chi connectivity index (χ0n) is 13.4. The van der Waals surface area contributed by atoms with E-state index >= 15 is 0 Å². The first-order chi connectivity index (χ1) is 11.8. The summed E-state index contributed by atoms with van der Waals surface area (Å²) in [5.41, 5.74) is 1.67. The fourth-order valence-electron chi connectivity index (χ4n) is 2.39. The molecule has 124 valence electrons. The molecule has 3 rings (SSSR count). The number of nitrogens with one attached hydrogen (secondary N) is 2. The molecule has 2 aromatic rings. The summed E-state index contributed by atoms with van der Waals surface area (Å²) in [7, 11) is 1.57. The lowest BCUT2D eigenvalue weighted by Crippen LogP contribution is -2.21. The van der Waals surface area contributed by atoms with Gasteiger partial charge in [0.25, 0.3) is 5.91 Å². The third-order valence-electron chi connectivity index (χ3n) is 3.53. The fraction of sp³-hybridized carbons (Fsp3) is 0.222. The van der Waals surface area contributed by atoms with Crippen LogP contribution in [0, 0.1) is 0 Å². The minimum absolute atomic E-state index is 0.0935. The predicted octanol–water partition coefficient (Wildman–Crippen LogP) is 2.06. The normalized spacial score (nSPS) is 13.0. The van der Waals surface area contributed by atoms with E-state index in [1.54, 1.807) is 13.2 Å². The van der Waals surface area contributed by atoms with Gasteiger partial charge in [-0.15, -0.1) is 0 Å². The lowest BCUT2D eigenvalue weighted by molar-refractivity contribution is -0.118. The van der Waals surface area contributed by atoms with Crippen molar-refractivity contribution < 1.29 is 14.3 Å².